The summed E-state index contributed by atoms with van der Waals surface area (Å²) in [5, 5.41) is 2.71. The summed E-state index contributed by atoms with van der Waals surface area (Å²) in [4.78, 5) is 28.2. The molecule has 29 heavy (non-hydrogen) atoms. The predicted molar refractivity (Wildman–Crippen MR) is 111 cm³/mol. The maximum Gasteiger partial charge on any atom is 0.407 e. The SMILES string of the molecule is Cc1ccc(COC(=O)NCc2ccc(C(=O)Cc3ccncc3N)cc2)cc1. The molecule has 0 radical (unpaired) electrons. The highest BCUT2D eigenvalue weighted by Crippen LogP contribution is 2.14. The number of carbonyl (C=O) groups excluding carboxylic acids is 2. The number of rotatable bonds is 7. The third kappa shape index (κ3) is 5.90. The molecule has 1 heterocycles. The van der Waals surface area contributed by atoms with Crippen LogP contribution < -0.4 is 11.1 Å². The smallest absolute Gasteiger partial charge is 0.407 e. The number of nitrogens with one attached hydrogen (secondary N) is 1. The van der Waals surface area contributed by atoms with Crippen LogP contribution in [0, 0.1) is 6.92 Å². The lowest BCUT2D eigenvalue weighted by Gasteiger charge is -2.08. The lowest BCUT2D eigenvalue weighted by Crippen LogP contribution is -2.23. The average Bonchev–Trinajstić information content (AvgIpc) is 2.74. The number of aryl methyl sites for hydroxylation is 1. The van der Waals surface area contributed by atoms with E-state index in [1.54, 1.807) is 24.4 Å². The number of pyridine rings is 1. The monoisotopic (exact) mass is 389 g/mol. The average molecular weight is 389 g/mol. The van der Waals surface area contributed by atoms with E-state index in [0.29, 0.717) is 17.8 Å². The number of benzene rings is 2. The van der Waals surface area contributed by atoms with E-state index in [4.69, 9.17) is 10.5 Å². The summed E-state index contributed by atoms with van der Waals surface area (Å²) in [5.41, 5.74) is 10.7. The zero-order chi connectivity index (χ0) is 20.6. The van der Waals surface area contributed by atoms with Crippen LogP contribution in [0.1, 0.15) is 32.6 Å². The van der Waals surface area contributed by atoms with E-state index in [2.05, 4.69) is 10.3 Å². The summed E-state index contributed by atoms with van der Waals surface area (Å²) >= 11 is 0. The highest BCUT2D eigenvalue weighted by atomic mass is 16.5. The minimum atomic E-state index is -0.487. The first kappa shape index (κ1) is 20.1. The van der Waals surface area contributed by atoms with Crippen LogP contribution in [0.2, 0.25) is 0 Å². The number of nitrogen functional groups attached to an aromatic ring is 1. The molecule has 0 unspecified atom stereocenters. The molecular weight excluding hydrogens is 366 g/mol. The standard InChI is InChI=1S/C23H23N3O3/c1-16-2-4-18(5-3-16)15-29-23(28)26-13-17-6-8-19(9-7-17)22(27)12-20-10-11-25-14-21(20)24/h2-11,14H,12-13,15,24H2,1H3,(H,26,28). The maximum absolute atomic E-state index is 12.4. The van der Waals surface area contributed by atoms with Crippen molar-refractivity contribution in [3.8, 4) is 0 Å². The fourth-order valence-corrected chi connectivity index (χ4v) is 2.74. The Morgan fingerprint density at radius 3 is 2.38 bits per heavy atom. The van der Waals surface area contributed by atoms with Gasteiger partial charge in [0.2, 0.25) is 0 Å². The van der Waals surface area contributed by atoms with E-state index in [1.165, 1.54) is 6.20 Å². The van der Waals surface area contributed by atoms with Crippen LogP contribution in [-0.4, -0.2) is 16.9 Å². The summed E-state index contributed by atoms with van der Waals surface area (Å²) in [7, 11) is 0. The molecule has 6 heteroatoms. The van der Waals surface area contributed by atoms with Gasteiger partial charge in [0.15, 0.2) is 5.78 Å². The number of Topliss-reactive ketones (excluding diaryl/α,β-unsaturated/α-hetero) is 1. The molecule has 1 amide bonds. The van der Waals surface area contributed by atoms with Gasteiger partial charge >= 0.3 is 6.09 Å². The number of ether oxygens (including phenoxy) is 1. The molecule has 148 valence electrons. The first-order valence-corrected chi connectivity index (χ1v) is 9.28. The Kier molecular flexibility index (Phi) is 6.58. The molecule has 0 atom stereocenters. The van der Waals surface area contributed by atoms with Gasteiger partial charge in [0, 0.05) is 24.7 Å². The summed E-state index contributed by atoms with van der Waals surface area (Å²) < 4.78 is 5.21. The van der Waals surface area contributed by atoms with Crippen molar-refractivity contribution < 1.29 is 14.3 Å². The number of amides is 1. The van der Waals surface area contributed by atoms with E-state index < -0.39 is 6.09 Å². The number of hydrogen-bond donors (Lipinski definition) is 2. The van der Waals surface area contributed by atoms with Crippen molar-refractivity contribution in [3.63, 3.8) is 0 Å². The van der Waals surface area contributed by atoms with Gasteiger partial charge in [-0.15, -0.1) is 0 Å². The van der Waals surface area contributed by atoms with E-state index in [-0.39, 0.29) is 18.8 Å². The second-order valence-corrected chi connectivity index (χ2v) is 6.79. The van der Waals surface area contributed by atoms with Crippen molar-refractivity contribution in [2.24, 2.45) is 0 Å². The van der Waals surface area contributed by atoms with Crippen LogP contribution in [0.15, 0.2) is 67.0 Å². The highest BCUT2D eigenvalue weighted by molar-refractivity contribution is 5.98. The Labute approximate surface area is 169 Å². The second kappa shape index (κ2) is 9.50. The minimum Gasteiger partial charge on any atom is -0.445 e. The minimum absolute atomic E-state index is 0.0279. The molecule has 3 aromatic rings. The summed E-state index contributed by atoms with van der Waals surface area (Å²) in [6.07, 6.45) is 2.89. The zero-order valence-electron chi connectivity index (χ0n) is 16.2. The molecule has 0 bridgehead atoms. The van der Waals surface area contributed by atoms with Crippen molar-refractivity contribution >= 4 is 17.6 Å². The van der Waals surface area contributed by atoms with E-state index in [1.807, 2.05) is 43.3 Å². The van der Waals surface area contributed by atoms with Crippen molar-refractivity contribution in [1.82, 2.24) is 10.3 Å². The molecule has 0 saturated heterocycles. The molecule has 0 saturated carbocycles. The maximum atomic E-state index is 12.4. The van der Waals surface area contributed by atoms with E-state index in [0.717, 1.165) is 22.3 Å². The van der Waals surface area contributed by atoms with Crippen molar-refractivity contribution in [1.29, 1.82) is 0 Å². The zero-order valence-corrected chi connectivity index (χ0v) is 16.2. The normalized spacial score (nSPS) is 10.4. The molecule has 2 aromatic carbocycles. The molecule has 0 aliphatic rings. The predicted octanol–water partition coefficient (Wildman–Crippen LogP) is 3.82. The van der Waals surface area contributed by atoms with Gasteiger partial charge in [0.1, 0.15) is 6.61 Å². The Balaban J connectivity index is 1.47. The molecule has 1 aromatic heterocycles. The lowest BCUT2D eigenvalue weighted by atomic mass is 10.0. The van der Waals surface area contributed by atoms with Crippen LogP contribution in [0.4, 0.5) is 10.5 Å². The van der Waals surface area contributed by atoms with Gasteiger partial charge < -0.3 is 15.8 Å². The Bertz CT molecular complexity index is 983. The third-order valence-electron chi connectivity index (χ3n) is 4.50. The Hall–Kier alpha value is -3.67. The first-order chi connectivity index (χ1) is 14.0. The summed E-state index contributed by atoms with van der Waals surface area (Å²) in [6.45, 7) is 2.54. The van der Waals surface area contributed by atoms with Gasteiger partial charge in [-0.05, 0) is 29.7 Å². The van der Waals surface area contributed by atoms with Gasteiger partial charge in [0.25, 0.3) is 0 Å². The van der Waals surface area contributed by atoms with Crippen LogP contribution in [0.25, 0.3) is 0 Å². The molecule has 3 N–H and O–H groups in total. The fourth-order valence-electron chi connectivity index (χ4n) is 2.74. The fraction of sp³-hybridized carbons (Fsp3) is 0.174. The summed E-state index contributed by atoms with van der Waals surface area (Å²) in [6, 6.07) is 16.7. The molecule has 6 nitrogen and oxygen atoms in total. The van der Waals surface area contributed by atoms with E-state index >= 15 is 0 Å². The van der Waals surface area contributed by atoms with Gasteiger partial charge in [-0.3, -0.25) is 9.78 Å². The van der Waals surface area contributed by atoms with Gasteiger partial charge in [-0.1, -0.05) is 54.1 Å². The Morgan fingerprint density at radius 2 is 1.69 bits per heavy atom. The van der Waals surface area contributed by atoms with E-state index in [9.17, 15) is 9.59 Å². The lowest BCUT2D eigenvalue weighted by molar-refractivity contribution is 0.0993. The quantitative estimate of drug-likeness (QED) is 0.599. The number of carbonyl (C=O) groups is 2. The van der Waals surface area contributed by atoms with Crippen LogP contribution >= 0.6 is 0 Å². The molecule has 3 rings (SSSR count). The van der Waals surface area contributed by atoms with Gasteiger partial charge in [-0.25, -0.2) is 4.79 Å². The highest BCUT2D eigenvalue weighted by Gasteiger charge is 2.10. The van der Waals surface area contributed by atoms with Crippen LogP contribution in [-0.2, 0) is 24.3 Å². The number of aromatic nitrogens is 1. The van der Waals surface area contributed by atoms with Crippen LogP contribution in [0.5, 0.6) is 0 Å². The van der Waals surface area contributed by atoms with Crippen LogP contribution in [0.3, 0.4) is 0 Å². The Morgan fingerprint density at radius 1 is 1.00 bits per heavy atom. The number of hydrogen-bond acceptors (Lipinski definition) is 5. The number of nitrogens with two attached hydrogens (primary N) is 1. The number of ketones is 1. The number of alkyl carbamates (subject to hydrolysis) is 1. The largest absolute Gasteiger partial charge is 0.445 e. The molecule has 0 aliphatic carbocycles. The van der Waals surface area contributed by atoms with Crippen molar-refractivity contribution in [2.45, 2.75) is 26.5 Å². The van der Waals surface area contributed by atoms with Gasteiger partial charge in [-0.2, -0.15) is 0 Å². The number of nitrogens with zero attached hydrogens (tertiary/aromatic N) is 1. The molecule has 0 aliphatic heterocycles. The summed E-state index contributed by atoms with van der Waals surface area (Å²) in [5.74, 6) is -0.0279. The first-order valence-electron chi connectivity index (χ1n) is 9.28. The van der Waals surface area contributed by atoms with Crippen molar-refractivity contribution in [3.05, 3.63) is 94.8 Å². The second-order valence-electron chi connectivity index (χ2n) is 6.79. The van der Waals surface area contributed by atoms with Crippen molar-refractivity contribution in [2.75, 3.05) is 5.73 Å². The van der Waals surface area contributed by atoms with Gasteiger partial charge in [0.05, 0.1) is 11.9 Å². The molecular formula is C23H23N3O3. The number of anilines is 1. The molecule has 0 fully saturated rings. The topological polar surface area (TPSA) is 94.3 Å². The third-order valence-corrected chi connectivity index (χ3v) is 4.50. The molecule has 0 spiro atoms.